The smallest absolute Gasteiger partial charge is 0.345 e. The number of hydrogen-bond acceptors (Lipinski definition) is 5. The first-order valence-corrected chi connectivity index (χ1v) is 10.0. The maximum Gasteiger partial charge on any atom is 0.345 e. The molecule has 0 unspecified atom stereocenters. The molecule has 0 spiro atoms. The van der Waals surface area contributed by atoms with Gasteiger partial charge in [-0.1, -0.05) is 78.9 Å². The normalized spacial score (nSPS) is 13.0. The SMILES string of the molecule is CC(=Cc1ccccc1)C(=O)N[C@@H](c1ccccc1)[C@@H](O)C(=O)OC(=O)c1ccccc1. The van der Waals surface area contributed by atoms with Crippen LogP contribution < -0.4 is 5.32 Å². The molecule has 6 nitrogen and oxygen atoms in total. The molecule has 0 aliphatic heterocycles. The zero-order chi connectivity index (χ0) is 22.9. The van der Waals surface area contributed by atoms with Crippen molar-refractivity contribution in [2.45, 2.75) is 19.1 Å². The van der Waals surface area contributed by atoms with Gasteiger partial charge in [0.15, 0.2) is 6.10 Å². The Hall–Kier alpha value is -4.03. The Morgan fingerprint density at radius 1 is 0.844 bits per heavy atom. The fourth-order valence-electron chi connectivity index (χ4n) is 3.05. The maximum atomic E-state index is 12.8. The second-order valence-electron chi connectivity index (χ2n) is 7.12. The highest BCUT2D eigenvalue weighted by Gasteiger charge is 2.32. The molecule has 0 heterocycles. The van der Waals surface area contributed by atoms with E-state index in [1.807, 2.05) is 30.3 Å². The lowest BCUT2D eigenvalue weighted by Crippen LogP contribution is -2.42. The second-order valence-corrected chi connectivity index (χ2v) is 7.12. The minimum Gasteiger partial charge on any atom is -0.387 e. The molecule has 6 heteroatoms. The molecule has 0 fully saturated rings. The van der Waals surface area contributed by atoms with E-state index in [0.717, 1.165) is 5.56 Å². The summed E-state index contributed by atoms with van der Waals surface area (Å²) >= 11 is 0. The summed E-state index contributed by atoms with van der Waals surface area (Å²) in [5, 5.41) is 13.4. The number of nitrogens with one attached hydrogen (secondary N) is 1. The molecule has 0 aliphatic carbocycles. The highest BCUT2D eigenvalue weighted by Crippen LogP contribution is 2.20. The molecule has 2 N–H and O–H groups in total. The predicted molar refractivity (Wildman–Crippen MR) is 120 cm³/mol. The zero-order valence-electron chi connectivity index (χ0n) is 17.5. The summed E-state index contributed by atoms with van der Waals surface area (Å²) in [7, 11) is 0. The number of benzene rings is 3. The van der Waals surface area contributed by atoms with Gasteiger partial charge in [0.2, 0.25) is 5.91 Å². The molecule has 1 amide bonds. The van der Waals surface area contributed by atoms with E-state index in [9.17, 15) is 19.5 Å². The van der Waals surface area contributed by atoms with Gasteiger partial charge in [-0.2, -0.15) is 0 Å². The van der Waals surface area contributed by atoms with Crippen LogP contribution in [0.2, 0.25) is 0 Å². The van der Waals surface area contributed by atoms with Gasteiger partial charge in [0.05, 0.1) is 11.6 Å². The standard InChI is InChI=1S/C26H23NO5/c1-18(17-19-11-5-2-6-12-19)24(29)27-22(20-13-7-3-8-14-20)23(28)26(31)32-25(30)21-15-9-4-10-16-21/h2-17,22-23,28H,1H3,(H,27,29)/t22-,23+/m0/s1. The molecule has 0 saturated heterocycles. The van der Waals surface area contributed by atoms with Crippen molar-refractivity contribution < 1.29 is 24.2 Å². The summed E-state index contributed by atoms with van der Waals surface area (Å²) < 4.78 is 4.84. The van der Waals surface area contributed by atoms with Crippen LogP contribution in [0.15, 0.2) is 96.6 Å². The summed E-state index contributed by atoms with van der Waals surface area (Å²) in [6, 6.07) is 24.7. The van der Waals surface area contributed by atoms with Crippen LogP contribution in [0.5, 0.6) is 0 Å². The molecule has 0 saturated carbocycles. The Kier molecular flexibility index (Phi) is 7.67. The molecule has 162 valence electrons. The highest BCUT2D eigenvalue weighted by atomic mass is 16.6. The first kappa shape index (κ1) is 22.7. The van der Waals surface area contributed by atoms with E-state index in [2.05, 4.69) is 5.32 Å². The highest BCUT2D eigenvalue weighted by molar-refractivity contribution is 5.99. The van der Waals surface area contributed by atoms with E-state index < -0.39 is 30.0 Å². The summed E-state index contributed by atoms with van der Waals surface area (Å²) in [5.74, 6) is -2.51. The number of carbonyl (C=O) groups is 3. The molecule has 0 aromatic heterocycles. The van der Waals surface area contributed by atoms with Crippen molar-refractivity contribution in [2.75, 3.05) is 0 Å². The van der Waals surface area contributed by atoms with Crippen LogP contribution in [0.3, 0.4) is 0 Å². The fourth-order valence-corrected chi connectivity index (χ4v) is 3.05. The van der Waals surface area contributed by atoms with Crippen LogP contribution in [0.1, 0.15) is 34.5 Å². The van der Waals surface area contributed by atoms with Crippen LogP contribution in [0.4, 0.5) is 0 Å². The Balaban J connectivity index is 1.78. The van der Waals surface area contributed by atoms with Crippen LogP contribution in [0, 0.1) is 0 Å². The van der Waals surface area contributed by atoms with Gasteiger partial charge in [0.1, 0.15) is 0 Å². The number of amides is 1. The van der Waals surface area contributed by atoms with E-state index >= 15 is 0 Å². The Bertz CT molecular complexity index is 1090. The molecule has 3 aromatic carbocycles. The molecular weight excluding hydrogens is 406 g/mol. The number of ether oxygens (including phenoxy) is 1. The van der Waals surface area contributed by atoms with Crippen molar-refractivity contribution >= 4 is 23.9 Å². The summed E-state index contributed by atoms with van der Waals surface area (Å²) in [5.41, 5.74) is 1.89. The van der Waals surface area contributed by atoms with E-state index in [0.29, 0.717) is 11.1 Å². The van der Waals surface area contributed by atoms with Crippen molar-refractivity contribution in [3.8, 4) is 0 Å². The largest absolute Gasteiger partial charge is 0.387 e. The van der Waals surface area contributed by atoms with Gasteiger partial charge in [-0.05, 0) is 36.3 Å². The third-order valence-corrected chi connectivity index (χ3v) is 4.75. The number of aliphatic hydroxyl groups is 1. The van der Waals surface area contributed by atoms with Crippen molar-refractivity contribution in [3.05, 3.63) is 113 Å². The lowest BCUT2D eigenvalue weighted by Gasteiger charge is -2.23. The minimum absolute atomic E-state index is 0.176. The van der Waals surface area contributed by atoms with Crippen LogP contribution in [-0.4, -0.2) is 29.1 Å². The topological polar surface area (TPSA) is 92.7 Å². The Morgan fingerprint density at radius 3 is 1.97 bits per heavy atom. The van der Waals surface area contributed by atoms with E-state index in [-0.39, 0.29) is 5.56 Å². The summed E-state index contributed by atoms with van der Waals surface area (Å²) in [4.78, 5) is 37.5. The quantitative estimate of drug-likeness (QED) is 0.339. The number of esters is 2. The van der Waals surface area contributed by atoms with Gasteiger partial charge in [-0.15, -0.1) is 0 Å². The van der Waals surface area contributed by atoms with Gasteiger partial charge in [-0.25, -0.2) is 9.59 Å². The molecule has 0 bridgehead atoms. The van der Waals surface area contributed by atoms with Gasteiger partial charge >= 0.3 is 11.9 Å². The van der Waals surface area contributed by atoms with Crippen molar-refractivity contribution in [3.63, 3.8) is 0 Å². The Morgan fingerprint density at radius 2 is 1.38 bits per heavy atom. The molecule has 32 heavy (non-hydrogen) atoms. The molecule has 0 aliphatic rings. The summed E-state index contributed by atoms with van der Waals surface area (Å²) in [6.07, 6.45) is -0.0976. The van der Waals surface area contributed by atoms with Crippen LogP contribution in [-0.2, 0) is 14.3 Å². The van der Waals surface area contributed by atoms with Crippen molar-refractivity contribution in [1.29, 1.82) is 0 Å². The lowest BCUT2D eigenvalue weighted by molar-refractivity contribution is -0.149. The van der Waals surface area contributed by atoms with Crippen LogP contribution >= 0.6 is 0 Å². The zero-order valence-corrected chi connectivity index (χ0v) is 17.5. The number of aliphatic hydroxyl groups excluding tert-OH is 1. The van der Waals surface area contributed by atoms with Crippen LogP contribution in [0.25, 0.3) is 6.08 Å². The third kappa shape index (κ3) is 6.00. The van der Waals surface area contributed by atoms with E-state index in [1.165, 1.54) is 12.1 Å². The fraction of sp³-hybridized carbons (Fsp3) is 0.115. The molecule has 2 atom stereocenters. The van der Waals surface area contributed by atoms with Gasteiger partial charge in [-0.3, -0.25) is 4.79 Å². The average molecular weight is 429 g/mol. The maximum absolute atomic E-state index is 12.8. The van der Waals surface area contributed by atoms with E-state index in [1.54, 1.807) is 61.5 Å². The van der Waals surface area contributed by atoms with Gasteiger partial charge in [0.25, 0.3) is 0 Å². The lowest BCUT2D eigenvalue weighted by atomic mass is 10.0. The molecule has 3 rings (SSSR count). The average Bonchev–Trinajstić information content (AvgIpc) is 2.83. The van der Waals surface area contributed by atoms with E-state index in [4.69, 9.17) is 4.74 Å². The molecule has 0 radical (unpaired) electrons. The molecule has 3 aromatic rings. The number of rotatable bonds is 7. The number of carbonyl (C=O) groups excluding carboxylic acids is 3. The van der Waals surface area contributed by atoms with Gasteiger partial charge in [0, 0.05) is 5.57 Å². The van der Waals surface area contributed by atoms with Crippen molar-refractivity contribution in [2.24, 2.45) is 0 Å². The summed E-state index contributed by atoms with van der Waals surface area (Å²) in [6.45, 7) is 1.63. The second kappa shape index (κ2) is 10.8. The monoisotopic (exact) mass is 429 g/mol. The third-order valence-electron chi connectivity index (χ3n) is 4.75. The Labute approximate surface area is 186 Å². The minimum atomic E-state index is -1.79. The van der Waals surface area contributed by atoms with Gasteiger partial charge < -0.3 is 15.2 Å². The first-order valence-electron chi connectivity index (χ1n) is 10.0. The number of hydrogen-bond donors (Lipinski definition) is 2. The molecular formula is C26H23NO5. The van der Waals surface area contributed by atoms with Crippen molar-refractivity contribution in [1.82, 2.24) is 5.32 Å². The first-order chi connectivity index (χ1) is 15.5. The predicted octanol–water partition coefficient (Wildman–Crippen LogP) is 3.69.